The largest absolute Gasteiger partial charge is 0.341 e. The maximum absolute atomic E-state index is 12.4. The van der Waals surface area contributed by atoms with Gasteiger partial charge in [0, 0.05) is 37.1 Å². The first-order chi connectivity index (χ1) is 10.1. The molecule has 0 aromatic heterocycles. The van der Waals surface area contributed by atoms with Crippen LogP contribution >= 0.6 is 11.6 Å². The van der Waals surface area contributed by atoms with Gasteiger partial charge < -0.3 is 10.2 Å². The van der Waals surface area contributed by atoms with Gasteiger partial charge in [-0.05, 0) is 49.3 Å². The van der Waals surface area contributed by atoms with Gasteiger partial charge in [-0.1, -0.05) is 23.7 Å². The number of nitrogens with zero attached hydrogens (tertiary/aromatic N) is 1. The summed E-state index contributed by atoms with van der Waals surface area (Å²) in [5, 5.41) is 4.35. The predicted octanol–water partition coefficient (Wildman–Crippen LogP) is 3.22. The van der Waals surface area contributed by atoms with Crippen molar-refractivity contribution in [2.75, 3.05) is 7.05 Å². The average molecular weight is 307 g/mol. The Bertz CT molecular complexity index is 507. The summed E-state index contributed by atoms with van der Waals surface area (Å²) in [6.45, 7) is 0.636. The normalized spacial score (nSPS) is 27.6. The Morgan fingerprint density at radius 3 is 2.71 bits per heavy atom. The lowest BCUT2D eigenvalue weighted by atomic mass is 9.89. The third kappa shape index (κ3) is 3.78. The van der Waals surface area contributed by atoms with Gasteiger partial charge in [-0.3, -0.25) is 4.79 Å². The van der Waals surface area contributed by atoms with Crippen LogP contribution in [0.25, 0.3) is 0 Å². The molecular weight excluding hydrogens is 284 g/mol. The van der Waals surface area contributed by atoms with Crippen LogP contribution in [-0.4, -0.2) is 29.9 Å². The summed E-state index contributed by atoms with van der Waals surface area (Å²) in [6, 6.07) is 9.04. The van der Waals surface area contributed by atoms with E-state index in [0.717, 1.165) is 23.4 Å². The molecule has 0 radical (unpaired) electrons. The van der Waals surface area contributed by atoms with Gasteiger partial charge in [0.1, 0.15) is 0 Å². The highest BCUT2D eigenvalue weighted by atomic mass is 35.5. The number of hydrogen-bond acceptors (Lipinski definition) is 2. The van der Waals surface area contributed by atoms with Gasteiger partial charge in [-0.2, -0.15) is 0 Å². The maximum Gasteiger partial charge on any atom is 0.222 e. The lowest BCUT2D eigenvalue weighted by Crippen LogP contribution is -2.39. The highest BCUT2D eigenvalue weighted by Gasteiger charge is 2.34. The third-order valence-electron chi connectivity index (χ3n) is 4.77. The van der Waals surface area contributed by atoms with Crippen molar-refractivity contribution in [1.82, 2.24) is 10.2 Å². The molecule has 1 N–H and O–H groups in total. The van der Waals surface area contributed by atoms with Crippen molar-refractivity contribution in [3.63, 3.8) is 0 Å². The standard InChI is InChI=1S/C17H23ClN2O/c1-20(11-12-3-2-4-14(18)7-12)17(21)10-13-8-15-5-6-16(9-13)19-15/h2-4,7,13,15-16,19H,5-6,8-11H2,1H3. The molecular formula is C17H23ClN2O. The minimum Gasteiger partial charge on any atom is -0.341 e. The highest BCUT2D eigenvalue weighted by Crippen LogP contribution is 2.33. The second-order valence-electron chi connectivity index (χ2n) is 6.56. The number of hydrogen-bond donors (Lipinski definition) is 1. The zero-order valence-corrected chi connectivity index (χ0v) is 13.3. The molecule has 3 nitrogen and oxygen atoms in total. The molecule has 21 heavy (non-hydrogen) atoms. The molecule has 0 aliphatic carbocycles. The minimum absolute atomic E-state index is 0.251. The van der Waals surface area contributed by atoms with Gasteiger partial charge in [0.05, 0.1) is 0 Å². The van der Waals surface area contributed by atoms with E-state index in [1.807, 2.05) is 36.2 Å². The quantitative estimate of drug-likeness (QED) is 0.926. The second-order valence-corrected chi connectivity index (χ2v) is 7.00. The molecule has 2 fully saturated rings. The summed E-state index contributed by atoms with van der Waals surface area (Å²) in [7, 11) is 1.89. The molecule has 1 amide bonds. The van der Waals surface area contributed by atoms with E-state index in [4.69, 9.17) is 11.6 Å². The molecule has 0 saturated carbocycles. The van der Waals surface area contributed by atoms with Crippen LogP contribution in [0.5, 0.6) is 0 Å². The van der Waals surface area contributed by atoms with Crippen molar-refractivity contribution in [3.8, 4) is 0 Å². The SMILES string of the molecule is CN(Cc1cccc(Cl)c1)C(=O)CC1CC2CCC(C1)N2. The molecule has 0 spiro atoms. The summed E-state index contributed by atoms with van der Waals surface area (Å²) in [5.74, 6) is 0.805. The van der Waals surface area contributed by atoms with E-state index in [1.165, 1.54) is 12.8 Å². The van der Waals surface area contributed by atoms with Crippen LogP contribution in [0, 0.1) is 5.92 Å². The molecule has 4 heteroatoms. The number of nitrogens with one attached hydrogen (secondary N) is 1. The van der Waals surface area contributed by atoms with Gasteiger partial charge >= 0.3 is 0 Å². The number of fused-ring (bicyclic) bond motifs is 2. The first-order valence-electron chi connectivity index (χ1n) is 7.84. The van der Waals surface area contributed by atoms with Crippen LogP contribution in [0.1, 0.15) is 37.7 Å². The van der Waals surface area contributed by atoms with Crippen LogP contribution in [0.4, 0.5) is 0 Å². The van der Waals surface area contributed by atoms with Crippen molar-refractivity contribution in [2.45, 2.75) is 50.7 Å². The van der Waals surface area contributed by atoms with Crippen LogP contribution < -0.4 is 5.32 Å². The number of halogens is 1. The first kappa shape index (κ1) is 14.9. The van der Waals surface area contributed by atoms with Crippen molar-refractivity contribution >= 4 is 17.5 Å². The Morgan fingerprint density at radius 1 is 1.33 bits per heavy atom. The zero-order valence-electron chi connectivity index (χ0n) is 12.5. The molecule has 114 valence electrons. The molecule has 2 heterocycles. The average Bonchev–Trinajstić information content (AvgIpc) is 2.78. The Balaban J connectivity index is 1.53. The van der Waals surface area contributed by atoms with E-state index in [-0.39, 0.29) is 5.91 Å². The zero-order chi connectivity index (χ0) is 14.8. The first-order valence-corrected chi connectivity index (χ1v) is 8.22. The fourth-order valence-corrected chi connectivity index (χ4v) is 3.95. The summed E-state index contributed by atoms with van der Waals surface area (Å²) >= 11 is 5.99. The van der Waals surface area contributed by atoms with E-state index in [1.54, 1.807) is 0 Å². The predicted molar refractivity (Wildman–Crippen MR) is 85.2 cm³/mol. The smallest absolute Gasteiger partial charge is 0.222 e. The number of amides is 1. The van der Waals surface area contributed by atoms with Gasteiger partial charge in [0.25, 0.3) is 0 Å². The maximum atomic E-state index is 12.4. The lowest BCUT2D eigenvalue weighted by Gasteiger charge is -2.30. The fraction of sp³-hybridized carbons (Fsp3) is 0.588. The number of piperidine rings is 1. The van der Waals surface area contributed by atoms with Crippen molar-refractivity contribution in [3.05, 3.63) is 34.9 Å². The van der Waals surface area contributed by atoms with Crippen LogP contribution in [0.3, 0.4) is 0 Å². The molecule has 2 unspecified atom stereocenters. The van der Waals surface area contributed by atoms with Crippen molar-refractivity contribution in [2.24, 2.45) is 5.92 Å². The number of rotatable bonds is 4. The second kappa shape index (κ2) is 6.37. The Morgan fingerprint density at radius 2 is 2.05 bits per heavy atom. The topological polar surface area (TPSA) is 32.3 Å². The number of carbonyl (C=O) groups is 1. The van der Waals surface area contributed by atoms with Gasteiger partial charge in [0.2, 0.25) is 5.91 Å². The fourth-order valence-electron chi connectivity index (χ4n) is 3.74. The van der Waals surface area contributed by atoms with E-state index in [9.17, 15) is 4.79 Å². The summed E-state index contributed by atoms with van der Waals surface area (Å²) in [4.78, 5) is 14.2. The molecule has 2 aliphatic heterocycles. The van der Waals surface area contributed by atoms with E-state index >= 15 is 0 Å². The Kier molecular flexibility index (Phi) is 4.51. The summed E-state index contributed by atoms with van der Waals surface area (Å²) in [6.07, 6.45) is 5.58. The van der Waals surface area contributed by atoms with Crippen LogP contribution in [0.15, 0.2) is 24.3 Å². The van der Waals surface area contributed by atoms with Gasteiger partial charge in [-0.25, -0.2) is 0 Å². The highest BCUT2D eigenvalue weighted by molar-refractivity contribution is 6.30. The molecule has 1 aromatic carbocycles. The summed E-state index contributed by atoms with van der Waals surface area (Å²) < 4.78 is 0. The van der Waals surface area contributed by atoms with E-state index in [2.05, 4.69) is 5.32 Å². The lowest BCUT2D eigenvalue weighted by molar-refractivity contribution is -0.131. The van der Waals surface area contributed by atoms with Gasteiger partial charge in [0.15, 0.2) is 0 Å². The van der Waals surface area contributed by atoms with Crippen LogP contribution in [0.2, 0.25) is 5.02 Å². The molecule has 2 aliphatic rings. The Labute approximate surface area is 131 Å². The monoisotopic (exact) mass is 306 g/mol. The van der Waals surface area contributed by atoms with Crippen molar-refractivity contribution < 1.29 is 4.79 Å². The number of carbonyl (C=O) groups excluding carboxylic acids is 1. The molecule has 1 aromatic rings. The van der Waals surface area contributed by atoms with E-state index < -0.39 is 0 Å². The van der Waals surface area contributed by atoms with Gasteiger partial charge in [-0.15, -0.1) is 0 Å². The van der Waals surface area contributed by atoms with Crippen LogP contribution in [-0.2, 0) is 11.3 Å². The third-order valence-corrected chi connectivity index (χ3v) is 5.00. The molecule has 2 bridgehead atoms. The molecule has 2 atom stereocenters. The van der Waals surface area contributed by atoms with E-state index in [0.29, 0.717) is 31.0 Å². The summed E-state index contributed by atoms with van der Waals surface area (Å²) in [5.41, 5.74) is 1.09. The molecule has 3 rings (SSSR count). The number of benzene rings is 1. The minimum atomic E-state index is 0.251. The van der Waals surface area contributed by atoms with Crippen molar-refractivity contribution in [1.29, 1.82) is 0 Å². The molecule has 2 saturated heterocycles. The Hall–Kier alpha value is -1.06.